The highest BCUT2D eigenvalue weighted by Crippen LogP contribution is 2.48. The minimum absolute atomic E-state index is 0.122. The van der Waals surface area contributed by atoms with Crippen LogP contribution in [0.1, 0.15) is 73.9 Å². The van der Waals surface area contributed by atoms with Gasteiger partial charge in [0.25, 0.3) is 0 Å². The summed E-state index contributed by atoms with van der Waals surface area (Å²) < 4.78 is 6.22. The summed E-state index contributed by atoms with van der Waals surface area (Å²) in [6.07, 6.45) is 7.30. The fraction of sp³-hybridized carbons (Fsp3) is 0.812. The maximum absolute atomic E-state index is 6.22. The van der Waals surface area contributed by atoms with E-state index >= 15 is 0 Å². The molecule has 3 nitrogen and oxygen atoms in total. The van der Waals surface area contributed by atoms with E-state index in [1.807, 2.05) is 11.3 Å². The van der Waals surface area contributed by atoms with Crippen molar-refractivity contribution in [3.63, 3.8) is 0 Å². The lowest BCUT2D eigenvalue weighted by atomic mass is 9.79. The summed E-state index contributed by atoms with van der Waals surface area (Å²) in [4.78, 5) is 6.29. The molecule has 1 aromatic heterocycles. The van der Waals surface area contributed by atoms with Crippen LogP contribution in [-0.4, -0.2) is 11.6 Å². The monoisotopic (exact) mass is 294 g/mol. The fourth-order valence-corrected chi connectivity index (χ4v) is 4.53. The number of hydrogen-bond acceptors (Lipinski definition) is 4. The van der Waals surface area contributed by atoms with Crippen molar-refractivity contribution in [3.05, 3.63) is 15.6 Å². The Morgan fingerprint density at radius 1 is 1.30 bits per heavy atom. The van der Waals surface area contributed by atoms with Crippen LogP contribution in [0.15, 0.2) is 0 Å². The highest BCUT2D eigenvalue weighted by Gasteiger charge is 2.41. The van der Waals surface area contributed by atoms with E-state index in [0.29, 0.717) is 12.5 Å². The van der Waals surface area contributed by atoms with E-state index in [2.05, 4.69) is 13.8 Å². The molecule has 0 radical (unpaired) electrons. The van der Waals surface area contributed by atoms with Gasteiger partial charge in [0.05, 0.1) is 5.69 Å². The first-order valence-corrected chi connectivity index (χ1v) is 8.84. The number of nitrogens with two attached hydrogens (primary N) is 1. The second-order valence-corrected chi connectivity index (χ2v) is 7.50. The topological polar surface area (TPSA) is 48.1 Å². The zero-order chi connectivity index (χ0) is 14.2. The van der Waals surface area contributed by atoms with E-state index in [0.717, 1.165) is 25.4 Å². The molecule has 0 spiro atoms. The van der Waals surface area contributed by atoms with E-state index in [-0.39, 0.29) is 5.60 Å². The van der Waals surface area contributed by atoms with E-state index in [1.165, 1.54) is 41.3 Å². The van der Waals surface area contributed by atoms with Crippen LogP contribution in [0.4, 0.5) is 0 Å². The lowest BCUT2D eigenvalue weighted by Gasteiger charge is -2.37. The molecule has 2 aliphatic carbocycles. The molecule has 0 amide bonds. The molecule has 1 aromatic rings. The second kappa shape index (κ2) is 5.74. The molecule has 20 heavy (non-hydrogen) atoms. The highest BCUT2D eigenvalue weighted by atomic mass is 32.1. The van der Waals surface area contributed by atoms with Gasteiger partial charge < -0.3 is 10.5 Å². The van der Waals surface area contributed by atoms with Gasteiger partial charge in [0.2, 0.25) is 0 Å². The van der Waals surface area contributed by atoms with Crippen LogP contribution in [0.5, 0.6) is 0 Å². The molecule has 0 aromatic carbocycles. The van der Waals surface area contributed by atoms with Crippen molar-refractivity contribution >= 4 is 11.3 Å². The van der Waals surface area contributed by atoms with Gasteiger partial charge in [-0.25, -0.2) is 4.98 Å². The molecule has 4 heteroatoms. The van der Waals surface area contributed by atoms with Crippen LogP contribution in [0.3, 0.4) is 0 Å². The van der Waals surface area contributed by atoms with Gasteiger partial charge >= 0.3 is 0 Å². The fourth-order valence-electron chi connectivity index (χ4n) is 3.31. The number of aromatic nitrogens is 1. The van der Waals surface area contributed by atoms with Gasteiger partial charge in [0.15, 0.2) is 0 Å². The zero-order valence-electron chi connectivity index (χ0n) is 12.7. The third-order valence-electron chi connectivity index (χ3n) is 4.77. The summed E-state index contributed by atoms with van der Waals surface area (Å²) in [5.74, 6) is 1.50. The largest absolute Gasteiger partial charge is 0.368 e. The zero-order valence-corrected chi connectivity index (χ0v) is 13.5. The molecule has 2 saturated carbocycles. The summed E-state index contributed by atoms with van der Waals surface area (Å²) in [5.41, 5.74) is 7.09. The number of nitrogens with zero attached hydrogens (tertiary/aromatic N) is 1. The number of thiazole rings is 1. The minimum atomic E-state index is -0.122. The first-order chi connectivity index (χ1) is 9.68. The van der Waals surface area contributed by atoms with E-state index < -0.39 is 0 Å². The third-order valence-corrected chi connectivity index (χ3v) is 6.05. The first-order valence-electron chi connectivity index (χ1n) is 8.02. The van der Waals surface area contributed by atoms with Gasteiger partial charge in [0.1, 0.15) is 10.6 Å². The first kappa shape index (κ1) is 14.5. The van der Waals surface area contributed by atoms with Crippen LogP contribution in [0.25, 0.3) is 0 Å². The van der Waals surface area contributed by atoms with Crippen LogP contribution in [0, 0.1) is 5.92 Å². The average Bonchev–Trinajstić information content (AvgIpc) is 3.21. The van der Waals surface area contributed by atoms with Crippen molar-refractivity contribution < 1.29 is 4.74 Å². The van der Waals surface area contributed by atoms with Gasteiger partial charge in [-0.3, -0.25) is 0 Å². The van der Waals surface area contributed by atoms with Crippen molar-refractivity contribution in [2.45, 2.75) is 70.4 Å². The highest BCUT2D eigenvalue weighted by molar-refractivity contribution is 7.11. The van der Waals surface area contributed by atoms with Crippen LogP contribution in [0.2, 0.25) is 0 Å². The Morgan fingerprint density at radius 2 is 2.00 bits per heavy atom. The van der Waals surface area contributed by atoms with Gasteiger partial charge in [-0.2, -0.15) is 0 Å². The molecule has 0 atom stereocenters. The summed E-state index contributed by atoms with van der Waals surface area (Å²) in [6, 6.07) is 0. The van der Waals surface area contributed by atoms with Crippen molar-refractivity contribution in [1.29, 1.82) is 0 Å². The van der Waals surface area contributed by atoms with E-state index in [1.54, 1.807) is 0 Å². The smallest absolute Gasteiger partial charge is 0.125 e. The Morgan fingerprint density at radius 3 is 2.55 bits per heavy atom. The molecule has 0 bridgehead atoms. The molecule has 2 fully saturated rings. The predicted molar refractivity (Wildman–Crippen MR) is 82.9 cm³/mol. The molecule has 112 valence electrons. The average molecular weight is 294 g/mol. The van der Waals surface area contributed by atoms with Crippen molar-refractivity contribution in [2.75, 3.05) is 6.61 Å². The SMILES string of the molecule is CCOC1(c2nc(C3CC3)c(CN)s2)CCC(C)CC1. The molecule has 0 saturated heterocycles. The van der Waals surface area contributed by atoms with Crippen LogP contribution >= 0.6 is 11.3 Å². The van der Waals surface area contributed by atoms with E-state index in [4.69, 9.17) is 15.5 Å². The molecular formula is C16H26N2OS. The summed E-state index contributed by atoms with van der Waals surface area (Å²) >= 11 is 1.81. The van der Waals surface area contributed by atoms with Crippen LogP contribution in [-0.2, 0) is 16.9 Å². The van der Waals surface area contributed by atoms with Gasteiger partial charge in [-0.1, -0.05) is 6.92 Å². The molecule has 0 aliphatic heterocycles. The van der Waals surface area contributed by atoms with Crippen molar-refractivity contribution in [1.82, 2.24) is 4.98 Å². The Hall–Kier alpha value is -0.450. The molecule has 3 rings (SSSR count). The van der Waals surface area contributed by atoms with Gasteiger partial charge in [-0.05, 0) is 51.4 Å². The summed E-state index contributed by atoms with van der Waals surface area (Å²) in [5, 5.41) is 1.20. The Labute approximate surface area is 125 Å². The maximum atomic E-state index is 6.22. The van der Waals surface area contributed by atoms with Gasteiger partial charge in [-0.15, -0.1) is 11.3 Å². The van der Waals surface area contributed by atoms with E-state index in [9.17, 15) is 0 Å². The molecule has 1 heterocycles. The quantitative estimate of drug-likeness (QED) is 0.895. The van der Waals surface area contributed by atoms with Crippen LogP contribution < -0.4 is 5.73 Å². The summed E-state index contributed by atoms with van der Waals surface area (Å²) in [6.45, 7) is 5.84. The summed E-state index contributed by atoms with van der Waals surface area (Å²) in [7, 11) is 0. The standard InChI is InChI=1S/C16H26N2OS/c1-3-19-16(8-6-11(2)7-9-16)15-18-14(12-4-5-12)13(10-17)20-15/h11-12H,3-10,17H2,1-2H3. The normalized spacial score (nSPS) is 30.6. The Bertz CT molecular complexity index is 459. The minimum Gasteiger partial charge on any atom is -0.368 e. The Balaban J connectivity index is 1.90. The maximum Gasteiger partial charge on any atom is 0.125 e. The Kier molecular flexibility index (Phi) is 4.16. The van der Waals surface area contributed by atoms with Gasteiger partial charge in [0, 0.05) is 23.9 Å². The molecule has 0 unspecified atom stereocenters. The lowest BCUT2D eigenvalue weighted by Crippen LogP contribution is -2.34. The number of ether oxygens (including phenoxy) is 1. The second-order valence-electron chi connectivity index (χ2n) is 6.42. The molecule has 2 aliphatic rings. The lowest BCUT2D eigenvalue weighted by molar-refractivity contribution is -0.0777. The molecular weight excluding hydrogens is 268 g/mol. The molecule has 2 N–H and O–H groups in total. The number of hydrogen-bond donors (Lipinski definition) is 1. The van der Waals surface area contributed by atoms with Crippen molar-refractivity contribution in [3.8, 4) is 0 Å². The van der Waals surface area contributed by atoms with Crippen molar-refractivity contribution in [2.24, 2.45) is 11.7 Å². The number of rotatable bonds is 5. The third kappa shape index (κ3) is 2.66. The predicted octanol–water partition coefficient (Wildman–Crippen LogP) is 3.92.